The minimum absolute atomic E-state index is 0. The molecular formula is C9H13ClN2O2. The number of ether oxygens (including phenoxy) is 1. The third-order valence-corrected chi connectivity index (χ3v) is 1.37. The minimum atomic E-state index is -0.432. The zero-order chi connectivity index (χ0) is 9.52. The van der Waals surface area contributed by atoms with Crippen LogP contribution >= 0.6 is 0 Å². The molecule has 0 saturated carbocycles. The molecule has 1 heterocycles. The van der Waals surface area contributed by atoms with Gasteiger partial charge in [-0.25, -0.2) is 4.79 Å². The van der Waals surface area contributed by atoms with Gasteiger partial charge in [-0.3, -0.25) is 0 Å². The number of halogens is 1. The van der Waals surface area contributed by atoms with Crippen molar-refractivity contribution in [3.8, 4) is 0 Å². The van der Waals surface area contributed by atoms with E-state index in [2.05, 4.69) is 5.43 Å². The van der Waals surface area contributed by atoms with Gasteiger partial charge in [0.1, 0.15) is 0 Å². The van der Waals surface area contributed by atoms with Crippen molar-refractivity contribution in [2.45, 2.75) is 13.3 Å². The van der Waals surface area contributed by atoms with Crippen molar-refractivity contribution in [1.82, 2.24) is 0 Å². The van der Waals surface area contributed by atoms with Crippen LogP contribution in [0.4, 0.5) is 4.79 Å². The number of pyridine rings is 1. The fourth-order valence-electron chi connectivity index (χ4n) is 0.806. The highest BCUT2D eigenvalue weighted by molar-refractivity contribution is 5.73. The van der Waals surface area contributed by atoms with Crippen LogP contribution in [0, 0.1) is 0 Å². The van der Waals surface area contributed by atoms with Crippen LogP contribution in [-0.2, 0) is 4.74 Å². The quantitative estimate of drug-likeness (QED) is 0.598. The summed E-state index contributed by atoms with van der Waals surface area (Å²) in [5.74, 6) is 0. The first-order valence-corrected chi connectivity index (χ1v) is 4.23. The Labute approximate surface area is 89.3 Å². The van der Waals surface area contributed by atoms with Crippen LogP contribution in [0.2, 0.25) is 0 Å². The lowest BCUT2D eigenvalue weighted by molar-refractivity contribution is -0.642. The zero-order valence-corrected chi connectivity index (χ0v) is 8.70. The van der Waals surface area contributed by atoms with Gasteiger partial charge in [-0.05, 0) is 6.42 Å². The Balaban J connectivity index is 0.00000169. The van der Waals surface area contributed by atoms with E-state index in [9.17, 15) is 4.79 Å². The minimum Gasteiger partial charge on any atom is -1.00 e. The van der Waals surface area contributed by atoms with E-state index in [4.69, 9.17) is 4.74 Å². The normalized spacial score (nSPS) is 8.64. The Morgan fingerprint density at radius 1 is 1.36 bits per heavy atom. The highest BCUT2D eigenvalue weighted by atomic mass is 35.5. The van der Waals surface area contributed by atoms with Gasteiger partial charge in [-0.15, -0.1) is 0 Å². The molecule has 0 aromatic carbocycles. The number of carbonyl (C=O) groups is 1. The SMILES string of the molecule is CCCOC(=O)N[n+]1ccccc1.[Cl-]. The summed E-state index contributed by atoms with van der Waals surface area (Å²) < 4.78 is 6.36. The standard InChI is InChI=1S/C9H12N2O2.ClH/c1-2-8-13-9(12)10-11-6-4-3-5-7-11;/h3-7H,2,8H2,1H3;1H. The molecule has 0 aliphatic carbocycles. The number of hydrogen-bond donors (Lipinski definition) is 1. The van der Waals surface area contributed by atoms with Crippen molar-refractivity contribution in [2.24, 2.45) is 0 Å². The van der Waals surface area contributed by atoms with Gasteiger partial charge in [0.2, 0.25) is 0 Å². The molecule has 0 spiro atoms. The molecule has 1 amide bonds. The lowest BCUT2D eigenvalue weighted by atomic mass is 10.5. The topological polar surface area (TPSA) is 42.2 Å². The van der Waals surface area contributed by atoms with E-state index in [0.29, 0.717) is 6.61 Å². The summed E-state index contributed by atoms with van der Waals surface area (Å²) in [7, 11) is 0. The van der Waals surface area contributed by atoms with Crippen molar-refractivity contribution in [1.29, 1.82) is 0 Å². The van der Waals surface area contributed by atoms with Gasteiger partial charge in [-0.2, -0.15) is 0 Å². The van der Waals surface area contributed by atoms with Crippen LogP contribution in [-0.4, -0.2) is 12.7 Å². The zero-order valence-electron chi connectivity index (χ0n) is 7.94. The summed E-state index contributed by atoms with van der Waals surface area (Å²) in [6.45, 7) is 2.39. The predicted octanol–water partition coefficient (Wildman–Crippen LogP) is -1.93. The average molecular weight is 217 g/mol. The molecule has 0 aliphatic heterocycles. The van der Waals surface area contributed by atoms with Gasteiger partial charge in [0.15, 0.2) is 12.4 Å². The fraction of sp³-hybridized carbons (Fsp3) is 0.333. The summed E-state index contributed by atoms with van der Waals surface area (Å²) in [6, 6.07) is 5.51. The molecule has 0 atom stereocenters. The van der Waals surface area contributed by atoms with Crippen LogP contribution < -0.4 is 22.5 Å². The van der Waals surface area contributed by atoms with Gasteiger partial charge in [0, 0.05) is 12.1 Å². The summed E-state index contributed by atoms with van der Waals surface area (Å²) in [4.78, 5) is 11.0. The van der Waals surface area contributed by atoms with Crippen LogP contribution in [0.25, 0.3) is 0 Å². The first-order valence-electron chi connectivity index (χ1n) is 4.23. The molecule has 0 radical (unpaired) electrons. The highest BCUT2D eigenvalue weighted by Gasteiger charge is 2.05. The maximum atomic E-state index is 11.0. The van der Waals surface area contributed by atoms with E-state index in [1.807, 2.05) is 25.1 Å². The molecule has 0 bridgehead atoms. The molecule has 4 nitrogen and oxygen atoms in total. The first kappa shape index (κ1) is 12.7. The van der Waals surface area contributed by atoms with E-state index in [0.717, 1.165) is 6.42 Å². The smallest absolute Gasteiger partial charge is 0.461 e. The number of aromatic nitrogens is 1. The maximum Gasteiger partial charge on any atom is 0.461 e. The van der Waals surface area contributed by atoms with Crippen molar-refractivity contribution < 1.29 is 26.6 Å². The van der Waals surface area contributed by atoms with Gasteiger partial charge >= 0.3 is 6.09 Å². The number of amides is 1. The molecule has 0 saturated heterocycles. The second-order valence-electron chi connectivity index (χ2n) is 2.53. The Hall–Kier alpha value is -1.29. The summed E-state index contributed by atoms with van der Waals surface area (Å²) in [5, 5.41) is 0. The van der Waals surface area contributed by atoms with E-state index >= 15 is 0 Å². The summed E-state index contributed by atoms with van der Waals surface area (Å²) >= 11 is 0. The predicted molar refractivity (Wildman–Crippen MR) is 47.6 cm³/mol. The molecule has 5 heteroatoms. The molecule has 0 unspecified atom stereocenters. The fourth-order valence-corrected chi connectivity index (χ4v) is 0.806. The third-order valence-electron chi connectivity index (χ3n) is 1.37. The van der Waals surface area contributed by atoms with Gasteiger partial charge < -0.3 is 17.1 Å². The van der Waals surface area contributed by atoms with Gasteiger partial charge in [-0.1, -0.05) is 23.1 Å². The van der Waals surface area contributed by atoms with Crippen LogP contribution in [0.15, 0.2) is 30.6 Å². The number of hydrogen-bond acceptors (Lipinski definition) is 2. The molecule has 0 aliphatic rings. The Kier molecular flexibility index (Phi) is 6.49. The van der Waals surface area contributed by atoms with Crippen molar-refractivity contribution in [3.05, 3.63) is 30.6 Å². The summed E-state index contributed by atoms with van der Waals surface area (Å²) in [6.07, 6.45) is 3.85. The second kappa shape index (κ2) is 7.15. The lowest BCUT2D eigenvalue weighted by Crippen LogP contribution is -3.00. The summed E-state index contributed by atoms with van der Waals surface area (Å²) in [5.41, 5.74) is 2.53. The Bertz CT molecular complexity index is 267. The molecule has 1 aromatic heterocycles. The molecular weight excluding hydrogens is 204 g/mol. The maximum absolute atomic E-state index is 11.0. The molecule has 1 rings (SSSR count). The monoisotopic (exact) mass is 216 g/mol. The molecule has 1 aromatic rings. The number of carbonyl (C=O) groups excluding carboxylic acids is 1. The molecule has 1 N–H and O–H groups in total. The van der Waals surface area contributed by atoms with E-state index in [-0.39, 0.29) is 12.4 Å². The number of rotatable bonds is 3. The number of nitrogens with one attached hydrogen (secondary N) is 1. The highest BCUT2D eigenvalue weighted by Crippen LogP contribution is 1.81. The van der Waals surface area contributed by atoms with E-state index < -0.39 is 6.09 Å². The Morgan fingerprint density at radius 2 is 2.00 bits per heavy atom. The number of nitrogens with zero attached hydrogens (tertiary/aromatic N) is 1. The van der Waals surface area contributed by atoms with Crippen LogP contribution in [0.5, 0.6) is 0 Å². The van der Waals surface area contributed by atoms with Gasteiger partial charge in [0.05, 0.1) is 6.61 Å². The second-order valence-corrected chi connectivity index (χ2v) is 2.53. The molecule has 14 heavy (non-hydrogen) atoms. The average Bonchev–Trinajstić information content (AvgIpc) is 2.16. The lowest BCUT2D eigenvalue weighted by Gasteiger charge is -1.99. The van der Waals surface area contributed by atoms with Crippen molar-refractivity contribution >= 4 is 6.09 Å². The Morgan fingerprint density at radius 3 is 2.57 bits per heavy atom. The first-order chi connectivity index (χ1) is 6.33. The van der Waals surface area contributed by atoms with Gasteiger partial charge in [0.25, 0.3) is 0 Å². The van der Waals surface area contributed by atoms with Crippen molar-refractivity contribution in [2.75, 3.05) is 12.0 Å². The van der Waals surface area contributed by atoms with E-state index in [1.165, 1.54) is 4.68 Å². The van der Waals surface area contributed by atoms with Crippen molar-refractivity contribution in [3.63, 3.8) is 0 Å². The molecule has 78 valence electrons. The third kappa shape index (κ3) is 4.67. The van der Waals surface area contributed by atoms with E-state index in [1.54, 1.807) is 12.4 Å². The largest absolute Gasteiger partial charge is 1.00 e. The van der Waals surface area contributed by atoms with Crippen LogP contribution in [0.3, 0.4) is 0 Å². The van der Waals surface area contributed by atoms with Crippen LogP contribution in [0.1, 0.15) is 13.3 Å². The molecule has 0 fully saturated rings.